The van der Waals surface area contributed by atoms with E-state index < -0.39 is 0 Å². The second-order valence-electron chi connectivity index (χ2n) is 7.42. The third-order valence-electron chi connectivity index (χ3n) is 4.68. The van der Waals surface area contributed by atoms with Gasteiger partial charge in [-0.1, -0.05) is 18.2 Å². The first-order valence-electron chi connectivity index (χ1n) is 9.81. The van der Waals surface area contributed by atoms with E-state index in [9.17, 15) is 9.59 Å². The molecule has 0 saturated carbocycles. The zero-order valence-electron chi connectivity index (χ0n) is 17.4. The second kappa shape index (κ2) is 9.69. The molecule has 3 aromatic rings. The molecule has 1 aromatic heterocycles. The summed E-state index contributed by atoms with van der Waals surface area (Å²) in [4.78, 5) is 30.9. The van der Waals surface area contributed by atoms with Crippen LogP contribution in [0.15, 0.2) is 73.1 Å². The Morgan fingerprint density at radius 2 is 1.70 bits per heavy atom. The lowest BCUT2D eigenvalue weighted by molar-refractivity contribution is 0.0939. The fourth-order valence-corrected chi connectivity index (χ4v) is 3.08. The molecule has 0 spiro atoms. The van der Waals surface area contributed by atoms with E-state index in [1.807, 2.05) is 21.0 Å². The lowest BCUT2D eigenvalue weighted by Crippen LogP contribution is -2.34. The maximum atomic E-state index is 12.7. The molecule has 0 aliphatic rings. The van der Waals surface area contributed by atoms with E-state index in [1.54, 1.807) is 42.6 Å². The molecule has 0 radical (unpaired) electrons. The van der Waals surface area contributed by atoms with Gasteiger partial charge >= 0.3 is 0 Å². The Bertz CT molecular complexity index is 1000. The van der Waals surface area contributed by atoms with Crippen molar-refractivity contribution >= 4 is 23.2 Å². The van der Waals surface area contributed by atoms with Crippen molar-refractivity contribution in [2.75, 3.05) is 24.3 Å². The molecule has 0 aliphatic carbocycles. The predicted octanol–water partition coefficient (Wildman–Crippen LogP) is 3.76. The summed E-state index contributed by atoms with van der Waals surface area (Å²) in [5.74, 6) is -0.444. The molecule has 0 saturated heterocycles. The Labute approximate surface area is 177 Å². The highest BCUT2D eigenvalue weighted by Crippen LogP contribution is 2.15. The molecule has 154 valence electrons. The van der Waals surface area contributed by atoms with Crippen LogP contribution >= 0.6 is 0 Å². The topological polar surface area (TPSA) is 74.3 Å². The number of benzene rings is 2. The first-order valence-corrected chi connectivity index (χ1v) is 9.81. The first-order chi connectivity index (χ1) is 14.4. The number of carbonyl (C=O) groups is 2. The average molecular weight is 402 g/mol. The van der Waals surface area contributed by atoms with E-state index in [0.29, 0.717) is 16.8 Å². The third kappa shape index (κ3) is 5.67. The largest absolute Gasteiger partial charge is 0.378 e. The van der Waals surface area contributed by atoms with Crippen LogP contribution in [0.25, 0.3) is 0 Å². The minimum Gasteiger partial charge on any atom is -0.378 e. The van der Waals surface area contributed by atoms with Crippen molar-refractivity contribution < 1.29 is 9.59 Å². The van der Waals surface area contributed by atoms with Gasteiger partial charge in [0, 0.05) is 49.5 Å². The Morgan fingerprint density at radius 3 is 2.37 bits per heavy atom. The van der Waals surface area contributed by atoms with Crippen molar-refractivity contribution in [2.24, 2.45) is 0 Å². The molecule has 2 amide bonds. The van der Waals surface area contributed by atoms with E-state index >= 15 is 0 Å². The number of rotatable bonds is 7. The van der Waals surface area contributed by atoms with Gasteiger partial charge in [-0.3, -0.25) is 14.6 Å². The smallest absolute Gasteiger partial charge is 0.257 e. The number of pyridine rings is 1. The SMILES string of the molecule is CC(Cc1ccc(N(C)C)cc1)NC(=O)c1cccc(NC(=O)c2cccnc2)c1. The fourth-order valence-electron chi connectivity index (χ4n) is 3.08. The summed E-state index contributed by atoms with van der Waals surface area (Å²) < 4.78 is 0. The minimum absolute atomic E-state index is 0.0312. The van der Waals surface area contributed by atoms with Gasteiger partial charge in [0.05, 0.1) is 5.56 Å². The monoisotopic (exact) mass is 402 g/mol. The van der Waals surface area contributed by atoms with E-state index in [2.05, 4.69) is 44.8 Å². The summed E-state index contributed by atoms with van der Waals surface area (Å²) in [5, 5.41) is 5.82. The van der Waals surface area contributed by atoms with Gasteiger partial charge in [-0.15, -0.1) is 0 Å². The number of amides is 2. The number of nitrogens with zero attached hydrogens (tertiary/aromatic N) is 2. The highest BCUT2D eigenvalue weighted by atomic mass is 16.2. The summed E-state index contributed by atoms with van der Waals surface area (Å²) >= 11 is 0. The standard InChI is InChI=1S/C24H26N4O2/c1-17(14-18-9-11-22(12-10-18)28(2)3)26-23(29)19-6-4-8-21(15-19)27-24(30)20-7-5-13-25-16-20/h4-13,15-17H,14H2,1-3H3,(H,26,29)(H,27,30). The lowest BCUT2D eigenvalue weighted by Gasteiger charge is -2.16. The van der Waals surface area contributed by atoms with Crippen molar-refractivity contribution in [2.45, 2.75) is 19.4 Å². The highest BCUT2D eigenvalue weighted by Gasteiger charge is 2.12. The Hall–Kier alpha value is -3.67. The van der Waals surface area contributed by atoms with Crippen molar-refractivity contribution in [3.05, 3.63) is 89.7 Å². The maximum Gasteiger partial charge on any atom is 0.257 e. The molecule has 1 heterocycles. The van der Waals surface area contributed by atoms with Crippen LogP contribution in [0, 0.1) is 0 Å². The molecule has 2 aromatic carbocycles. The zero-order valence-corrected chi connectivity index (χ0v) is 17.4. The van der Waals surface area contributed by atoms with E-state index in [-0.39, 0.29) is 17.9 Å². The number of anilines is 2. The molecule has 2 N–H and O–H groups in total. The van der Waals surface area contributed by atoms with E-state index in [0.717, 1.165) is 17.7 Å². The van der Waals surface area contributed by atoms with Crippen molar-refractivity contribution in [3.8, 4) is 0 Å². The molecule has 0 bridgehead atoms. The number of hydrogen-bond acceptors (Lipinski definition) is 4. The van der Waals surface area contributed by atoms with Gasteiger partial charge < -0.3 is 15.5 Å². The van der Waals surface area contributed by atoms with Crippen LogP contribution in [-0.2, 0) is 6.42 Å². The number of hydrogen-bond donors (Lipinski definition) is 2. The summed E-state index contributed by atoms with van der Waals surface area (Å²) in [6, 6.07) is 18.5. The molecule has 6 nitrogen and oxygen atoms in total. The highest BCUT2D eigenvalue weighted by molar-refractivity contribution is 6.04. The van der Waals surface area contributed by atoms with Gasteiger partial charge in [0.15, 0.2) is 0 Å². The maximum absolute atomic E-state index is 12.7. The average Bonchev–Trinajstić information content (AvgIpc) is 2.75. The first kappa shape index (κ1) is 21.0. The number of nitrogens with one attached hydrogen (secondary N) is 2. The molecular weight excluding hydrogens is 376 g/mol. The Morgan fingerprint density at radius 1 is 0.967 bits per heavy atom. The summed E-state index contributed by atoms with van der Waals surface area (Å²) in [5.41, 5.74) is 3.81. The van der Waals surface area contributed by atoms with Crippen LogP contribution in [0.5, 0.6) is 0 Å². The Kier molecular flexibility index (Phi) is 6.80. The molecule has 30 heavy (non-hydrogen) atoms. The molecule has 1 unspecified atom stereocenters. The summed E-state index contributed by atoms with van der Waals surface area (Å²) in [6.45, 7) is 1.98. The van der Waals surface area contributed by atoms with Crippen molar-refractivity contribution in [3.63, 3.8) is 0 Å². The lowest BCUT2D eigenvalue weighted by atomic mass is 10.1. The van der Waals surface area contributed by atoms with Gasteiger partial charge in [-0.2, -0.15) is 0 Å². The van der Waals surface area contributed by atoms with E-state index in [4.69, 9.17) is 0 Å². The number of aromatic nitrogens is 1. The minimum atomic E-state index is -0.268. The van der Waals surface area contributed by atoms with Crippen LogP contribution in [0.2, 0.25) is 0 Å². The van der Waals surface area contributed by atoms with Crippen LogP contribution in [0.3, 0.4) is 0 Å². The van der Waals surface area contributed by atoms with E-state index in [1.165, 1.54) is 6.20 Å². The van der Waals surface area contributed by atoms with Gasteiger partial charge in [-0.25, -0.2) is 0 Å². The van der Waals surface area contributed by atoms with Crippen LogP contribution in [-0.4, -0.2) is 36.9 Å². The van der Waals surface area contributed by atoms with Gasteiger partial charge in [0.25, 0.3) is 11.8 Å². The second-order valence-corrected chi connectivity index (χ2v) is 7.42. The number of carbonyl (C=O) groups excluding carboxylic acids is 2. The molecule has 1 atom stereocenters. The quantitative estimate of drug-likeness (QED) is 0.631. The van der Waals surface area contributed by atoms with Crippen LogP contribution < -0.4 is 15.5 Å². The molecule has 3 rings (SSSR count). The fraction of sp³-hybridized carbons (Fsp3) is 0.208. The summed E-state index contributed by atoms with van der Waals surface area (Å²) in [7, 11) is 4.01. The normalized spacial score (nSPS) is 11.4. The van der Waals surface area contributed by atoms with Crippen LogP contribution in [0.4, 0.5) is 11.4 Å². The molecule has 6 heteroatoms. The zero-order chi connectivity index (χ0) is 21.5. The third-order valence-corrected chi connectivity index (χ3v) is 4.68. The van der Waals surface area contributed by atoms with Crippen LogP contribution in [0.1, 0.15) is 33.2 Å². The van der Waals surface area contributed by atoms with Crippen molar-refractivity contribution in [1.82, 2.24) is 10.3 Å². The summed E-state index contributed by atoms with van der Waals surface area (Å²) in [6.07, 6.45) is 3.84. The van der Waals surface area contributed by atoms with Gasteiger partial charge in [-0.05, 0) is 61.4 Å². The molecule has 0 aliphatic heterocycles. The van der Waals surface area contributed by atoms with Gasteiger partial charge in [0.1, 0.15) is 0 Å². The predicted molar refractivity (Wildman–Crippen MR) is 120 cm³/mol. The van der Waals surface area contributed by atoms with Gasteiger partial charge in [0.2, 0.25) is 0 Å². The van der Waals surface area contributed by atoms with Crippen molar-refractivity contribution in [1.29, 1.82) is 0 Å². The molecule has 0 fully saturated rings. The Balaban J connectivity index is 1.59. The molecular formula is C24H26N4O2.